The number of hydrogen-bond donors (Lipinski definition) is 1. The summed E-state index contributed by atoms with van der Waals surface area (Å²) in [6.45, 7) is 1.90. The van der Waals surface area contributed by atoms with E-state index in [2.05, 4.69) is 10.3 Å². The fraction of sp³-hybridized carbons (Fsp3) is 0.143. The van der Waals surface area contributed by atoms with E-state index >= 15 is 0 Å². The summed E-state index contributed by atoms with van der Waals surface area (Å²) in [4.78, 5) is 17.2. The maximum atomic E-state index is 13.6. The molecule has 3 aromatic rings. The molecule has 1 aromatic carbocycles. The Morgan fingerprint density at radius 2 is 2.33 bits per heavy atom. The SMILES string of the molecule is Cc1cn2c(CC(=O)Nc3ccc(Cl)cc3F)csc2n1. The first-order chi connectivity index (χ1) is 10.0. The first kappa shape index (κ1) is 14.0. The number of benzene rings is 1. The molecule has 0 unspecified atom stereocenters. The molecule has 0 saturated heterocycles. The second-order valence-electron chi connectivity index (χ2n) is 4.61. The molecule has 1 amide bonds. The van der Waals surface area contributed by atoms with Gasteiger partial charge in [0.05, 0.1) is 17.8 Å². The minimum Gasteiger partial charge on any atom is -0.323 e. The Morgan fingerprint density at radius 3 is 3.10 bits per heavy atom. The van der Waals surface area contributed by atoms with Gasteiger partial charge in [0.25, 0.3) is 0 Å². The van der Waals surface area contributed by atoms with E-state index in [0.717, 1.165) is 16.3 Å². The molecule has 0 saturated carbocycles. The quantitative estimate of drug-likeness (QED) is 0.799. The van der Waals surface area contributed by atoms with Crippen LogP contribution in [0.5, 0.6) is 0 Å². The van der Waals surface area contributed by atoms with Crippen molar-refractivity contribution in [3.63, 3.8) is 0 Å². The molecule has 0 fully saturated rings. The monoisotopic (exact) mass is 323 g/mol. The van der Waals surface area contributed by atoms with Gasteiger partial charge in [-0.05, 0) is 25.1 Å². The predicted molar refractivity (Wildman–Crippen MR) is 81.5 cm³/mol. The van der Waals surface area contributed by atoms with Crippen molar-refractivity contribution < 1.29 is 9.18 Å². The molecule has 1 N–H and O–H groups in total. The van der Waals surface area contributed by atoms with Crippen molar-refractivity contribution in [1.82, 2.24) is 9.38 Å². The van der Waals surface area contributed by atoms with Crippen LogP contribution in [0.2, 0.25) is 5.02 Å². The number of thiazole rings is 1. The van der Waals surface area contributed by atoms with Crippen LogP contribution in [0.25, 0.3) is 4.96 Å². The number of amides is 1. The van der Waals surface area contributed by atoms with Gasteiger partial charge in [-0.2, -0.15) is 0 Å². The van der Waals surface area contributed by atoms with E-state index in [0.29, 0.717) is 5.02 Å². The van der Waals surface area contributed by atoms with Crippen molar-refractivity contribution in [2.24, 2.45) is 0 Å². The van der Waals surface area contributed by atoms with Gasteiger partial charge in [0, 0.05) is 22.3 Å². The van der Waals surface area contributed by atoms with Crippen LogP contribution in [0.1, 0.15) is 11.4 Å². The Morgan fingerprint density at radius 1 is 1.52 bits per heavy atom. The average molecular weight is 324 g/mol. The van der Waals surface area contributed by atoms with Gasteiger partial charge in [-0.1, -0.05) is 11.6 Å². The zero-order valence-electron chi connectivity index (χ0n) is 11.1. The van der Waals surface area contributed by atoms with E-state index < -0.39 is 5.82 Å². The lowest BCUT2D eigenvalue weighted by molar-refractivity contribution is -0.115. The topological polar surface area (TPSA) is 46.4 Å². The van der Waals surface area contributed by atoms with Crippen molar-refractivity contribution >= 4 is 39.5 Å². The molecule has 2 heterocycles. The van der Waals surface area contributed by atoms with E-state index in [9.17, 15) is 9.18 Å². The lowest BCUT2D eigenvalue weighted by Gasteiger charge is -2.06. The lowest BCUT2D eigenvalue weighted by Crippen LogP contribution is -2.16. The fourth-order valence-corrected chi connectivity index (χ4v) is 3.10. The second kappa shape index (κ2) is 5.46. The Labute approximate surface area is 129 Å². The summed E-state index contributed by atoms with van der Waals surface area (Å²) in [7, 11) is 0. The molecule has 0 aliphatic rings. The smallest absolute Gasteiger partial charge is 0.230 e. The maximum absolute atomic E-state index is 13.6. The highest BCUT2D eigenvalue weighted by atomic mass is 35.5. The van der Waals surface area contributed by atoms with Gasteiger partial charge in [-0.25, -0.2) is 9.37 Å². The summed E-state index contributed by atoms with van der Waals surface area (Å²) in [5.74, 6) is -0.841. The number of aryl methyl sites for hydroxylation is 1. The number of aromatic nitrogens is 2. The number of carbonyl (C=O) groups excluding carboxylic acids is 1. The number of nitrogens with one attached hydrogen (secondary N) is 1. The Balaban J connectivity index is 1.77. The molecule has 0 radical (unpaired) electrons. The van der Waals surface area contributed by atoms with Gasteiger partial charge in [0.2, 0.25) is 5.91 Å². The summed E-state index contributed by atoms with van der Waals surface area (Å²) in [5.41, 5.74) is 1.84. The molecule has 0 aliphatic carbocycles. The molecular weight excluding hydrogens is 313 g/mol. The van der Waals surface area contributed by atoms with Crippen LogP contribution in [0.4, 0.5) is 10.1 Å². The van der Waals surface area contributed by atoms with Gasteiger partial charge in [-0.15, -0.1) is 11.3 Å². The van der Waals surface area contributed by atoms with Crippen LogP contribution in [-0.2, 0) is 11.2 Å². The van der Waals surface area contributed by atoms with Gasteiger partial charge in [-0.3, -0.25) is 9.20 Å². The van der Waals surface area contributed by atoms with Gasteiger partial charge in [0.1, 0.15) is 5.82 Å². The highest BCUT2D eigenvalue weighted by Gasteiger charge is 2.12. The predicted octanol–water partition coefficient (Wildman–Crippen LogP) is 3.68. The van der Waals surface area contributed by atoms with Crippen LogP contribution in [0.15, 0.2) is 29.8 Å². The number of anilines is 1. The largest absolute Gasteiger partial charge is 0.323 e. The standard InChI is InChI=1S/C14H11ClFN3OS/c1-8-6-19-10(7-21-14(19)17-8)5-13(20)18-12-3-2-9(15)4-11(12)16/h2-4,6-7H,5H2,1H3,(H,18,20). The summed E-state index contributed by atoms with van der Waals surface area (Å²) in [6.07, 6.45) is 2.02. The zero-order chi connectivity index (χ0) is 15.0. The number of rotatable bonds is 3. The number of carbonyl (C=O) groups is 1. The van der Waals surface area contributed by atoms with Gasteiger partial charge >= 0.3 is 0 Å². The van der Waals surface area contributed by atoms with Gasteiger partial charge in [0.15, 0.2) is 4.96 Å². The van der Waals surface area contributed by atoms with Gasteiger partial charge < -0.3 is 5.32 Å². The molecule has 0 atom stereocenters. The van der Waals surface area contributed by atoms with E-state index in [1.165, 1.54) is 29.5 Å². The van der Waals surface area contributed by atoms with Crippen LogP contribution in [0.3, 0.4) is 0 Å². The number of halogens is 2. The molecule has 7 heteroatoms. The summed E-state index contributed by atoms with van der Waals surface area (Å²) in [6, 6.07) is 4.14. The van der Waals surface area contributed by atoms with Crippen molar-refractivity contribution in [2.75, 3.05) is 5.32 Å². The molecule has 4 nitrogen and oxygen atoms in total. The number of fused-ring (bicyclic) bond motifs is 1. The van der Waals surface area contributed by atoms with Crippen molar-refractivity contribution in [1.29, 1.82) is 0 Å². The van der Waals surface area contributed by atoms with E-state index in [-0.39, 0.29) is 18.0 Å². The number of imidazole rings is 1. The van der Waals surface area contributed by atoms with Crippen molar-refractivity contribution in [3.05, 3.63) is 52.0 Å². The minimum atomic E-state index is -0.551. The molecule has 0 spiro atoms. The molecule has 0 bridgehead atoms. The third-order valence-electron chi connectivity index (χ3n) is 2.95. The zero-order valence-corrected chi connectivity index (χ0v) is 12.6. The first-order valence-electron chi connectivity index (χ1n) is 6.20. The molecule has 2 aromatic heterocycles. The average Bonchev–Trinajstić information content (AvgIpc) is 2.94. The summed E-state index contributed by atoms with van der Waals surface area (Å²) in [5, 5.41) is 4.71. The van der Waals surface area contributed by atoms with E-state index in [1.807, 2.05) is 22.9 Å². The van der Waals surface area contributed by atoms with E-state index in [1.54, 1.807) is 0 Å². The minimum absolute atomic E-state index is 0.123. The normalized spacial score (nSPS) is 11.0. The summed E-state index contributed by atoms with van der Waals surface area (Å²) >= 11 is 7.14. The van der Waals surface area contributed by atoms with Crippen LogP contribution < -0.4 is 5.32 Å². The third kappa shape index (κ3) is 2.91. The Kier molecular flexibility index (Phi) is 3.65. The molecule has 0 aliphatic heterocycles. The van der Waals surface area contributed by atoms with Crippen LogP contribution in [-0.4, -0.2) is 15.3 Å². The fourth-order valence-electron chi connectivity index (χ4n) is 2.02. The lowest BCUT2D eigenvalue weighted by atomic mass is 10.2. The number of nitrogens with zero attached hydrogens (tertiary/aromatic N) is 2. The molecule has 21 heavy (non-hydrogen) atoms. The highest BCUT2D eigenvalue weighted by molar-refractivity contribution is 7.15. The molecule has 108 valence electrons. The highest BCUT2D eigenvalue weighted by Crippen LogP contribution is 2.20. The summed E-state index contributed by atoms with van der Waals surface area (Å²) < 4.78 is 15.5. The Bertz CT molecular complexity index is 827. The van der Waals surface area contributed by atoms with E-state index in [4.69, 9.17) is 11.6 Å². The first-order valence-corrected chi connectivity index (χ1v) is 7.45. The van der Waals surface area contributed by atoms with Crippen LogP contribution >= 0.6 is 22.9 Å². The molecular formula is C14H11ClFN3OS. The Hall–Kier alpha value is -1.92. The third-order valence-corrected chi connectivity index (χ3v) is 4.07. The number of hydrogen-bond acceptors (Lipinski definition) is 3. The second-order valence-corrected chi connectivity index (χ2v) is 5.88. The van der Waals surface area contributed by atoms with Crippen LogP contribution in [0, 0.1) is 12.7 Å². The van der Waals surface area contributed by atoms with Crippen molar-refractivity contribution in [3.8, 4) is 0 Å². The van der Waals surface area contributed by atoms with Crippen molar-refractivity contribution in [2.45, 2.75) is 13.3 Å². The molecule has 3 rings (SSSR count). The maximum Gasteiger partial charge on any atom is 0.230 e.